The molecule has 8 heteroatoms. The molecule has 3 N–H and O–H groups in total. The number of carbonyl (C=O) groups excluding carboxylic acids is 1. The van der Waals surface area contributed by atoms with Crippen LogP contribution < -0.4 is 16.0 Å². The number of imidazole rings is 1. The van der Waals surface area contributed by atoms with Crippen LogP contribution in [0, 0.1) is 0 Å². The van der Waals surface area contributed by atoms with E-state index in [1.807, 2.05) is 12.4 Å². The van der Waals surface area contributed by atoms with Gasteiger partial charge in [0.2, 0.25) is 12.4 Å². The van der Waals surface area contributed by atoms with Gasteiger partial charge in [-0.3, -0.25) is 4.79 Å². The average Bonchev–Trinajstić information content (AvgIpc) is 3.34. The highest BCUT2D eigenvalue weighted by Gasteiger charge is 2.26. The van der Waals surface area contributed by atoms with Crippen molar-refractivity contribution in [1.82, 2.24) is 24.8 Å². The highest BCUT2D eigenvalue weighted by atomic mass is 16.1. The molecule has 2 aromatic carbocycles. The molecule has 4 aromatic rings. The molecule has 2 aromatic heterocycles. The van der Waals surface area contributed by atoms with Crippen molar-refractivity contribution in [2.75, 3.05) is 10.6 Å². The molecule has 1 fully saturated rings. The maximum absolute atomic E-state index is 11.1. The third kappa shape index (κ3) is 5.17. The van der Waals surface area contributed by atoms with Crippen molar-refractivity contribution in [2.24, 2.45) is 0 Å². The van der Waals surface area contributed by atoms with Gasteiger partial charge < -0.3 is 20.5 Å². The quantitative estimate of drug-likeness (QED) is 0.285. The van der Waals surface area contributed by atoms with E-state index in [9.17, 15) is 4.79 Å². The number of carbonyl (C=O) groups is 1. The maximum atomic E-state index is 11.1. The molecule has 186 valence electrons. The Hall–Kier alpha value is -3.94. The molecule has 0 bridgehead atoms. The SMILES string of the molecule is CC(C)n1cnc2c(NCc3ccc(-c4ccccc4)cc3)nc(NC3CCCCC3NC=O)nc21. The summed E-state index contributed by atoms with van der Waals surface area (Å²) < 4.78 is 2.06. The van der Waals surface area contributed by atoms with Crippen LogP contribution >= 0.6 is 0 Å². The number of fused-ring (bicyclic) bond motifs is 1. The van der Waals surface area contributed by atoms with E-state index in [-0.39, 0.29) is 18.1 Å². The van der Waals surface area contributed by atoms with Gasteiger partial charge in [0.15, 0.2) is 17.0 Å². The molecule has 1 aliphatic rings. The van der Waals surface area contributed by atoms with Crippen molar-refractivity contribution in [2.45, 2.75) is 64.2 Å². The molecule has 2 atom stereocenters. The lowest BCUT2D eigenvalue weighted by Gasteiger charge is -2.31. The van der Waals surface area contributed by atoms with Crippen LogP contribution in [-0.2, 0) is 11.3 Å². The van der Waals surface area contributed by atoms with Crippen molar-refractivity contribution in [1.29, 1.82) is 0 Å². The molecule has 8 nitrogen and oxygen atoms in total. The summed E-state index contributed by atoms with van der Waals surface area (Å²) in [6.07, 6.45) is 6.76. The van der Waals surface area contributed by atoms with Gasteiger partial charge in [-0.2, -0.15) is 9.97 Å². The summed E-state index contributed by atoms with van der Waals surface area (Å²) in [6.45, 7) is 4.85. The zero-order valence-corrected chi connectivity index (χ0v) is 20.8. The Morgan fingerprint density at radius 2 is 1.69 bits per heavy atom. The van der Waals surface area contributed by atoms with Crippen LogP contribution in [0.4, 0.5) is 11.8 Å². The van der Waals surface area contributed by atoms with Crippen LogP contribution in [-0.4, -0.2) is 38.0 Å². The summed E-state index contributed by atoms with van der Waals surface area (Å²) in [5, 5.41) is 9.96. The number of benzene rings is 2. The van der Waals surface area contributed by atoms with E-state index in [1.54, 1.807) is 0 Å². The molecule has 1 amide bonds. The van der Waals surface area contributed by atoms with Crippen LogP contribution in [0.5, 0.6) is 0 Å². The molecule has 5 rings (SSSR count). The van der Waals surface area contributed by atoms with E-state index in [0.29, 0.717) is 18.3 Å². The molecule has 1 aliphatic carbocycles. The molecule has 0 aliphatic heterocycles. The average molecular weight is 484 g/mol. The normalized spacial score (nSPS) is 17.8. The fourth-order valence-corrected chi connectivity index (χ4v) is 4.87. The Kier molecular flexibility index (Phi) is 7.11. The van der Waals surface area contributed by atoms with Gasteiger partial charge in [0.05, 0.1) is 6.33 Å². The lowest BCUT2D eigenvalue weighted by Crippen LogP contribution is -2.46. The van der Waals surface area contributed by atoms with Gasteiger partial charge in [-0.05, 0) is 43.4 Å². The smallest absolute Gasteiger partial charge is 0.227 e. The van der Waals surface area contributed by atoms with E-state index >= 15 is 0 Å². The minimum absolute atomic E-state index is 0.0742. The maximum Gasteiger partial charge on any atom is 0.227 e. The Bertz CT molecular complexity index is 1300. The van der Waals surface area contributed by atoms with E-state index in [4.69, 9.17) is 9.97 Å². The van der Waals surface area contributed by atoms with Gasteiger partial charge in [-0.25, -0.2) is 4.98 Å². The highest BCUT2D eigenvalue weighted by molar-refractivity contribution is 5.84. The minimum atomic E-state index is 0.0742. The van der Waals surface area contributed by atoms with E-state index < -0.39 is 0 Å². The van der Waals surface area contributed by atoms with Crippen LogP contribution in [0.2, 0.25) is 0 Å². The van der Waals surface area contributed by atoms with Crippen LogP contribution in [0.1, 0.15) is 51.1 Å². The standard InChI is InChI=1S/C28H33N7O/c1-19(2)35-17-30-25-26(29-16-20-12-14-22(15-13-20)21-8-4-3-5-9-21)33-28(34-27(25)35)32-24-11-7-6-10-23(24)31-18-36/h3-5,8-9,12-15,17-19,23-24H,6-7,10-11,16H2,1-2H3,(H,31,36)(H2,29,32,33,34). The minimum Gasteiger partial charge on any atom is -0.364 e. The topological polar surface area (TPSA) is 96.8 Å². The van der Waals surface area contributed by atoms with Gasteiger partial charge in [-0.1, -0.05) is 67.4 Å². The zero-order valence-electron chi connectivity index (χ0n) is 20.8. The predicted molar refractivity (Wildman–Crippen MR) is 144 cm³/mol. The van der Waals surface area contributed by atoms with E-state index in [2.05, 4.69) is 87.9 Å². The van der Waals surface area contributed by atoms with Gasteiger partial charge in [-0.15, -0.1) is 0 Å². The van der Waals surface area contributed by atoms with Crippen molar-refractivity contribution in [3.63, 3.8) is 0 Å². The molecule has 0 radical (unpaired) electrons. The van der Waals surface area contributed by atoms with Crippen LogP contribution in [0.15, 0.2) is 60.9 Å². The second-order valence-electron chi connectivity index (χ2n) is 9.66. The fraction of sp³-hybridized carbons (Fsp3) is 0.357. The Morgan fingerprint density at radius 3 is 2.42 bits per heavy atom. The Morgan fingerprint density at radius 1 is 0.972 bits per heavy atom. The van der Waals surface area contributed by atoms with Crippen molar-refractivity contribution in [3.05, 3.63) is 66.5 Å². The lowest BCUT2D eigenvalue weighted by molar-refractivity contribution is -0.110. The van der Waals surface area contributed by atoms with Gasteiger partial charge in [0, 0.05) is 24.7 Å². The second kappa shape index (κ2) is 10.8. The monoisotopic (exact) mass is 483 g/mol. The molecule has 2 unspecified atom stereocenters. The van der Waals surface area contributed by atoms with Crippen molar-refractivity contribution in [3.8, 4) is 11.1 Å². The lowest BCUT2D eigenvalue weighted by atomic mass is 9.90. The summed E-state index contributed by atoms with van der Waals surface area (Å²) in [7, 11) is 0. The summed E-state index contributed by atoms with van der Waals surface area (Å²) >= 11 is 0. The Balaban J connectivity index is 1.39. The van der Waals surface area contributed by atoms with Gasteiger partial charge >= 0.3 is 0 Å². The van der Waals surface area contributed by atoms with Crippen molar-refractivity contribution >= 4 is 29.3 Å². The first-order valence-electron chi connectivity index (χ1n) is 12.7. The molecule has 2 heterocycles. The largest absolute Gasteiger partial charge is 0.364 e. The van der Waals surface area contributed by atoms with Crippen LogP contribution in [0.3, 0.4) is 0 Å². The third-order valence-corrected chi connectivity index (χ3v) is 6.86. The number of rotatable bonds is 9. The zero-order chi connectivity index (χ0) is 24.9. The van der Waals surface area contributed by atoms with Crippen LogP contribution in [0.25, 0.3) is 22.3 Å². The number of hydrogen-bond acceptors (Lipinski definition) is 6. The summed E-state index contributed by atoms with van der Waals surface area (Å²) in [5.41, 5.74) is 5.09. The third-order valence-electron chi connectivity index (χ3n) is 6.86. The number of nitrogens with zero attached hydrogens (tertiary/aromatic N) is 4. The molecule has 36 heavy (non-hydrogen) atoms. The molecule has 1 saturated carbocycles. The number of nitrogens with one attached hydrogen (secondary N) is 3. The number of hydrogen-bond donors (Lipinski definition) is 3. The second-order valence-corrected chi connectivity index (χ2v) is 9.66. The van der Waals surface area contributed by atoms with E-state index in [1.165, 1.54) is 11.1 Å². The summed E-state index contributed by atoms with van der Waals surface area (Å²) in [5.74, 6) is 1.25. The summed E-state index contributed by atoms with van der Waals surface area (Å²) in [4.78, 5) is 25.4. The summed E-state index contributed by atoms with van der Waals surface area (Å²) in [6, 6.07) is 19.3. The van der Waals surface area contributed by atoms with Gasteiger partial charge in [0.25, 0.3) is 0 Å². The van der Waals surface area contributed by atoms with Crippen molar-refractivity contribution < 1.29 is 4.79 Å². The molecular weight excluding hydrogens is 450 g/mol. The van der Waals surface area contributed by atoms with Gasteiger partial charge in [0.1, 0.15) is 0 Å². The van der Waals surface area contributed by atoms with E-state index in [0.717, 1.165) is 48.8 Å². The molecular formula is C28H33N7O. The number of amides is 1. The molecule has 0 saturated heterocycles. The molecule has 0 spiro atoms. The fourth-order valence-electron chi connectivity index (χ4n) is 4.87. The predicted octanol–water partition coefficient (Wildman–Crippen LogP) is 5.16. The number of aromatic nitrogens is 4. The number of anilines is 2. The first-order valence-corrected chi connectivity index (χ1v) is 12.7. The highest BCUT2D eigenvalue weighted by Crippen LogP contribution is 2.27. The first kappa shape index (κ1) is 23.8. The first-order chi connectivity index (χ1) is 17.6. The Labute approximate surface area is 211 Å².